The average Bonchev–Trinajstić information content (AvgIpc) is 2.63. The van der Waals surface area contributed by atoms with Crippen molar-refractivity contribution in [3.05, 3.63) is 47.0 Å². The smallest absolute Gasteiger partial charge is 0.328 e. The molecule has 1 aromatic carbocycles. The number of hydrazine groups is 1. The van der Waals surface area contributed by atoms with Gasteiger partial charge in [-0.25, -0.2) is 9.80 Å². The number of allylic oxidation sites excluding steroid dienone is 1. The molecule has 7 nitrogen and oxygen atoms in total. The molecule has 0 radical (unpaired) electrons. The van der Waals surface area contributed by atoms with Gasteiger partial charge in [0.05, 0.1) is 13.2 Å². The van der Waals surface area contributed by atoms with Crippen LogP contribution < -0.4 is 0 Å². The zero-order chi connectivity index (χ0) is 18.2. The molecule has 0 unspecified atom stereocenters. The summed E-state index contributed by atoms with van der Waals surface area (Å²) in [4.78, 5) is 34.3. The zero-order valence-electron chi connectivity index (χ0n) is 14.2. The minimum absolute atomic E-state index is 0.0901. The van der Waals surface area contributed by atoms with Crippen molar-refractivity contribution >= 4 is 18.2 Å². The number of amides is 1. The second-order valence-electron chi connectivity index (χ2n) is 5.64. The molecule has 1 amide bonds. The number of aldehydes is 1. The average molecular weight is 346 g/mol. The lowest BCUT2D eigenvalue weighted by molar-refractivity contribution is -0.131. The molecule has 0 aromatic heterocycles. The topological polar surface area (TPSA) is 87.2 Å². The van der Waals surface area contributed by atoms with E-state index in [1.165, 1.54) is 0 Å². The van der Waals surface area contributed by atoms with E-state index < -0.39 is 5.97 Å². The Hall–Kier alpha value is -2.51. The molecule has 134 valence electrons. The predicted molar refractivity (Wildman–Crippen MR) is 91.0 cm³/mol. The number of nitrogens with zero attached hydrogens (tertiary/aromatic N) is 2. The number of hydrogen-bond acceptors (Lipinski definition) is 5. The van der Waals surface area contributed by atoms with Crippen molar-refractivity contribution in [1.82, 2.24) is 10.0 Å². The molecule has 2 rings (SSSR count). The number of carboxylic acid groups (broad SMARTS) is 1. The van der Waals surface area contributed by atoms with Crippen molar-refractivity contribution in [2.24, 2.45) is 0 Å². The van der Waals surface area contributed by atoms with Gasteiger partial charge < -0.3 is 9.84 Å². The molecular weight excluding hydrogens is 324 g/mol. The minimum Gasteiger partial charge on any atom is -0.478 e. The van der Waals surface area contributed by atoms with Gasteiger partial charge in [0, 0.05) is 43.3 Å². The van der Waals surface area contributed by atoms with Crippen molar-refractivity contribution in [3.63, 3.8) is 0 Å². The second-order valence-corrected chi connectivity index (χ2v) is 5.64. The van der Waals surface area contributed by atoms with E-state index in [9.17, 15) is 14.4 Å². The van der Waals surface area contributed by atoms with Crippen molar-refractivity contribution < 1.29 is 24.2 Å². The quantitative estimate of drug-likeness (QED) is 0.589. The number of carbonyl (C=O) groups excluding carboxylic acids is 2. The number of rotatable bonds is 7. The molecule has 0 atom stereocenters. The largest absolute Gasteiger partial charge is 0.478 e. The molecule has 0 aliphatic carbocycles. The number of carbonyl (C=O) groups is 3. The molecule has 0 saturated carbocycles. The Bertz CT molecular complexity index is 648. The lowest BCUT2D eigenvalue weighted by Crippen LogP contribution is -2.51. The molecule has 1 aliphatic heterocycles. The third-order valence-electron chi connectivity index (χ3n) is 3.93. The van der Waals surface area contributed by atoms with Gasteiger partial charge in [-0.3, -0.25) is 14.6 Å². The van der Waals surface area contributed by atoms with E-state index in [2.05, 4.69) is 0 Å². The monoisotopic (exact) mass is 346 g/mol. The van der Waals surface area contributed by atoms with Gasteiger partial charge in [0.25, 0.3) is 5.91 Å². The SMILES string of the molecule is CCN(C(=O)c1ccc(CC(C=O)=CC(=O)O)cc1)N1CCOCC1. The van der Waals surface area contributed by atoms with Crippen molar-refractivity contribution in [2.75, 3.05) is 32.8 Å². The van der Waals surface area contributed by atoms with Crippen LogP contribution in [0.1, 0.15) is 22.8 Å². The van der Waals surface area contributed by atoms with Crippen LogP contribution in [0.3, 0.4) is 0 Å². The van der Waals surface area contributed by atoms with Gasteiger partial charge in [-0.2, -0.15) is 0 Å². The summed E-state index contributed by atoms with van der Waals surface area (Å²) in [6.07, 6.45) is 1.64. The molecule has 1 aromatic rings. The summed E-state index contributed by atoms with van der Waals surface area (Å²) in [5.41, 5.74) is 1.49. The van der Waals surface area contributed by atoms with Crippen LogP contribution in [-0.4, -0.2) is 66.1 Å². The first-order valence-electron chi connectivity index (χ1n) is 8.17. The summed E-state index contributed by atoms with van der Waals surface area (Å²) in [6.45, 7) is 5.06. The summed E-state index contributed by atoms with van der Waals surface area (Å²) in [7, 11) is 0. The Labute approximate surface area is 146 Å². The van der Waals surface area contributed by atoms with Crippen LogP contribution in [0.25, 0.3) is 0 Å². The fourth-order valence-electron chi connectivity index (χ4n) is 2.70. The Balaban J connectivity index is 2.08. The fourth-order valence-corrected chi connectivity index (χ4v) is 2.70. The van der Waals surface area contributed by atoms with Crippen molar-refractivity contribution in [3.8, 4) is 0 Å². The van der Waals surface area contributed by atoms with Gasteiger partial charge in [0.1, 0.15) is 6.29 Å². The highest BCUT2D eigenvalue weighted by molar-refractivity contribution is 5.94. The number of aliphatic carboxylic acids is 1. The van der Waals surface area contributed by atoms with E-state index in [-0.39, 0.29) is 17.9 Å². The van der Waals surface area contributed by atoms with E-state index in [1.54, 1.807) is 29.3 Å². The van der Waals surface area contributed by atoms with Gasteiger partial charge in [-0.05, 0) is 24.6 Å². The standard InChI is InChI=1S/C18H22N2O5/c1-2-20(19-7-9-25-10-8-19)18(24)16-5-3-14(4-6-16)11-15(13-21)12-17(22)23/h3-6,12-13H,2,7-11H2,1H3,(H,22,23). The van der Waals surface area contributed by atoms with Crippen LogP contribution in [0, 0.1) is 0 Å². The summed E-state index contributed by atoms with van der Waals surface area (Å²) < 4.78 is 5.32. The van der Waals surface area contributed by atoms with Gasteiger partial charge in [0.15, 0.2) is 0 Å². The summed E-state index contributed by atoms with van der Waals surface area (Å²) in [5.74, 6) is -1.24. The van der Waals surface area contributed by atoms with Crippen LogP contribution in [0.2, 0.25) is 0 Å². The van der Waals surface area contributed by atoms with Crippen LogP contribution in [-0.2, 0) is 20.7 Å². The minimum atomic E-state index is -1.15. The Morgan fingerprint density at radius 1 is 1.24 bits per heavy atom. The third-order valence-corrected chi connectivity index (χ3v) is 3.93. The number of morpholine rings is 1. The first-order valence-corrected chi connectivity index (χ1v) is 8.17. The predicted octanol–water partition coefficient (Wildman–Crippen LogP) is 1.15. The number of ether oxygens (including phenoxy) is 1. The first-order chi connectivity index (χ1) is 12.0. The number of carboxylic acids is 1. The van der Waals surface area contributed by atoms with Gasteiger partial charge in [0.2, 0.25) is 0 Å². The maximum absolute atomic E-state index is 12.7. The fraction of sp³-hybridized carbons (Fsp3) is 0.389. The molecule has 7 heteroatoms. The van der Waals surface area contributed by atoms with E-state index in [0.717, 1.165) is 11.6 Å². The summed E-state index contributed by atoms with van der Waals surface area (Å²) in [5, 5.41) is 12.4. The Kier molecular flexibility index (Phi) is 6.85. The highest BCUT2D eigenvalue weighted by Crippen LogP contribution is 2.13. The Morgan fingerprint density at radius 2 is 1.88 bits per heavy atom. The van der Waals surface area contributed by atoms with Gasteiger partial charge >= 0.3 is 5.97 Å². The molecule has 0 bridgehead atoms. The van der Waals surface area contributed by atoms with Crippen LogP contribution in [0.5, 0.6) is 0 Å². The molecule has 25 heavy (non-hydrogen) atoms. The van der Waals surface area contributed by atoms with E-state index in [0.29, 0.717) is 44.7 Å². The molecule has 1 aliphatic rings. The van der Waals surface area contributed by atoms with E-state index in [4.69, 9.17) is 9.84 Å². The highest BCUT2D eigenvalue weighted by Gasteiger charge is 2.23. The van der Waals surface area contributed by atoms with Crippen LogP contribution in [0.4, 0.5) is 0 Å². The van der Waals surface area contributed by atoms with E-state index >= 15 is 0 Å². The molecule has 1 saturated heterocycles. The summed E-state index contributed by atoms with van der Waals surface area (Å²) in [6, 6.07) is 6.87. The van der Waals surface area contributed by atoms with Crippen LogP contribution >= 0.6 is 0 Å². The van der Waals surface area contributed by atoms with E-state index in [1.807, 2.05) is 11.9 Å². The normalized spacial score (nSPS) is 15.6. The number of benzene rings is 1. The lowest BCUT2D eigenvalue weighted by atomic mass is 10.0. The maximum Gasteiger partial charge on any atom is 0.328 e. The van der Waals surface area contributed by atoms with Crippen molar-refractivity contribution in [2.45, 2.75) is 13.3 Å². The lowest BCUT2D eigenvalue weighted by Gasteiger charge is -2.36. The van der Waals surface area contributed by atoms with Gasteiger partial charge in [-0.15, -0.1) is 0 Å². The molecule has 0 spiro atoms. The van der Waals surface area contributed by atoms with Crippen molar-refractivity contribution in [1.29, 1.82) is 0 Å². The molecule has 1 N–H and O–H groups in total. The summed E-state index contributed by atoms with van der Waals surface area (Å²) >= 11 is 0. The zero-order valence-corrected chi connectivity index (χ0v) is 14.2. The molecule has 1 fully saturated rings. The number of hydrogen-bond donors (Lipinski definition) is 1. The highest BCUT2D eigenvalue weighted by atomic mass is 16.5. The molecule has 1 heterocycles. The maximum atomic E-state index is 12.7. The molecular formula is C18H22N2O5. The first kappa shape index (κ1) is 18.8. The second kappa shape index (κ2) is 9.10. The Morgan fingerprint density at radius 3 is 2.40 bits per heavy atom. The van der Waals surface area contributed by atoms with Gasteiger partial charge in [-0.1, -0.05) is 12.1 Å². The van der Waals surface area contributed by atoms with Crippen LogP contribution in [0.15, 0.2) is 35.9 Å². The third kappa shape index (κ3) is 5.23.